The molecule has 0 unspecified atom stereocenters. The molecule has 2 heterocycles. The molecule has 7 nitrogen and oxygen atoms in total. The van der Waals surface area contributed by atoms with Crippen LogP contribution in [-0.4, -0.2) is 35.8 Å². The lowest BCUT2D eigenvalue weighted by atomic mass is 10.2. The summed E-state index contributed by atoms with van der Waals surface area (Å²) in [5.41, 5.74) is 0.678. The van der Waals surface area contributed by atoms with E-state index in [4.69, 9.17) is 4.74 Å². The lowest BCUT2D eigenvalue weighted by Crippen LogP contribution is -2.35. The number of carbonyl (C=O) groups is 3. The Morgan fingerprint density at radius 3 is 2.62 bits per heavy atom. The maximum Gasteiger partial charge on any atom is 0.335 e. The minimum atomic E-state index is -0.615. The van der Waals surface area contributed by atoms with E-state index in [1.165, 1.54) is 0 Å². The van der Waals surface area contributed by atoms with Crippen molar-refractivity contribution >= 4 is 45.3 Å². The molecule has 8 heteroatoms. The van der Waals surface area contributed by atoms with E-state index in [-0.39, 0.29) is 17.7 Å². The summed E-state index contributed by atoms with van der Waals surface area (Å²) >= 11 is 3.33. The average molecular weight is 394 g/mol. The first kappa shape index (κ1) is 16.6. The van der Waals surface area contributed by atoms with Gasteiger partial charge < -0.3 is 15.4 Å². The molecular weight excluding hydrogens is 378 g/mol. The molecule has 0 radical (unpaired) electrons. The lowest BCUT2D eigenvalue weighted by molar-refractivity contribution is -0.138. The standard InChI is InChI=1S/C16H16BrN3O4/c17-9-1-3-10(4-2-9)18-15(22)11-6-8-14(20-11)24-16(23)12-5-7-13(21)19-12/h1-4,11-12H,5-8H2,(H,18,22)(H,19,21)/t11-,12+/m0/s1. The number of carbonyl (C=O) groups excluding carboxylic acids is 3. The molecule has 0 saturated carbocycles. The second kappa shape index (κ2) is 7.12. The van der Waals surface area contributed by atoms with E-state index in [0.717, 1.165) is 4.47 Å². The zero-order valence-electron chi connectivity index (χ0n) is 12.8. The van der Waals surface area contributed by atoms with Crippen LogP contribution in [-0.2, 0) is 19.1 Å². The number of nitrogens with one attached hydrogen (secondary N) is 2. The van der Waals surface area contributed by atoms with Crippen LogP contribution < -0.4 is 10.6 Å². The number of halogens is 1. The number of amides is 2. The summed E-state index contributed by atoms with van der Waals surface area (Å²) in [7, 11) is 0. The highest BCUT2D eigenvalue weighted by Gasteiger charge is 2.32. The van der Waals surface area contributed by atoms with Crippen molar-refractivity contribution in [3.05, 3.63) is 28.7 Å². The summed E-state index contributed by atoms with van der Waals surface area (Å²) in [4.78, 5) is 39.4. The van der Waals surface area contributed by atoms with E-state index >= 15 is 0 Å². The Morgan fingerprint density at radius 1 is 1.21 bits per heavy atom. The van der Waals surface area contributed by atoms with Crippen molar-refractivity contribution in [1.82, 2.24) is 5.32 Å². The number of anilines is 1. The first-order chi connectivity index (χ1) is 11.5. The van der Waals surface area contributed by atoms with E-state index in [9.17, 15) is 14.4 Å². The first-order valence-electron chi connectivity index (χ1n) is 7.65. The molecule has 0 bridgehead atoms. The van der Waals surface area contributed by atoms with Crippen molar-refractivity contribution in [3.8, 4) is 0 Å². The van der Waals surface area contributed by atoms with Crippen LogP contribution in [0.4, 0.5) is 5.69 Å². The summed E-state index contributed by atoms with van der Waals surface area (Å²) in [5.74, 6) is -0.666. The van der Waals surface area contributed by atoms with Gasteiger partial charge in [0, 0.05) is 23.0 Å². The monoisotopic (exact) mass is 393 g/mol. The van der Waals surface area contributed by atoms with Gasteiger partial charge >= 0.3 is 5.97 Å². The Kier molecular flexibility index (Phi) is 4.94. The van der Waals surface area contributed by atoms with Crippen LogP contribution in [0.25, 0.3) is 0 Å². The van der Waals surface area contributed by atoms with Crippen molar-refractivity contribution in [2.45, 2.75) is 37.8 Å². The number of rotatable bonds is 3. The normalized spacial score (nSPS) is 22.7. The Balaban J connectivity index is 1.54. The number of ether oxygens (including phenoxy) is 1. The van der Waals surface area contributed by atoms with Gasteiger partial charge in [-0.05, 0) is 37.1 Å². The molecule has 3 rings (SSSR count). The summed E-state index contributed by atoms with van der Waals surface area (Å²) in [6, 6.07) is 6.03. The predicted molar refractivity (Wildman–Crippen MR) is 90.5 cm³/mol. The summed E-state index contributed by atoms with van der Waals surface area (Å²) < 4.78 is 6.12. The smallest absolute Gasteiger partial charge is 0.335 e. The third-order valence-corrected chi connectivity index (χ3v) is 4.37. The van der Waals surface area contributed by atoms with E-state index in [2.05, 4.69) is 31.6 Å². The Labute approximate surface area is 147 Å². The Hall–Kier alpha value is -2.22. The van der Waals surface area contributed by atoms with Crippen molar-refractivity contribution in [3.63, 3.8) is 0 Å². The maximum absolute atomic E-state index is 12.2. The third kappa shape index (κ3) is 4.00. The SMILES string of the molecule is O=C1CC[C@H](C(=O)OC2=N[C@H](C(=O)Nc3ccc(Br)cc3)CC2)N1. The van der Waals surface area contributed by atoms with Crippen LogP contribution in [0.15, 0.2) is 33.7 Å². The molecule has 2 atom stereocenters. The van der Waals surface area contributed by atoms with Crippen LogP contribution in [0.2, 0.25) is 0 Å². The lowest BCUT2D eigenvalue weighted by Gasteiger charge is -2.09. The topological polar surface area (TPSA) is 96.9 Å². The molecule has 1 fully saturated rings. The van der Waals surface area contributed by atoms with Crippen LogP contribution in [0.1, 0.15) is 25.7 Å². The molecule has 0 aliphatic carbocycles. The van der Waals surface area contributed by atoms with Gasteiger partial charge in [-0.2, -0.15) is 0 Å². The van der Waals surface area contributed by atoms with Gasteiger partial charge in [0.15, 0.2) is 5.90 Å². The minimum absolute atomic E-state index is 0.155. The molecule has 126 valence electrons. The minimum Gasteiger partial charge on any atom is -0.410 e. The van der Waals surface area contributed by atoms with Crippen LogP contribution in [0.3, 0.4) is 0 Å². The average Bonchev–Trinajstić information content (AvgIpc) is 3.19. The molecule has 2 aliphatic heterocycles. The first-order valence-corrected chi connectivity index (χ1v) is 8.45. The van der Waals surface area contributed by atoms with Crippen molar-refractivity contribution in [1.29, 1.82) is 0 Å². The van der Waals surface area contributed by atoms with E-state index in [1.807, 2.05) is 12.1 Å². The molecule has 1 aromatic rings. The van der Waals surface area contributed by atoms with Gasteiger partial charge in [0.05, 0.1) is 0 Å². The molecule has 2 amide bonds. The second-order valence-electron chi connectivity index (χ2n) is 5.65. The van der Waals surface area contributed by atoms with Gasteiger partial charge in [0.2, 0.25) is 11.8 Å². The molecular formula is C16H16BrN3O4. The number of esters is 1. The van der Waals surface area contributed by atoms with Crippen molar-refractivity contribution in [2.24, 2.45) is 4.99 Å². The Bertz CT molecular complexity index is 702. The summed E-state index contributed by atoms with van der Waals surface area (Å²) in [6.45, 7) is 0. The molecule has 0 spiro atoms. The fourth-order valence-electron chi connectivity index (χ4n) is 2.57. The Morgan fingerprint density at radius 2 is 1.96 bits per heavy atom. The zero-order chi connectivity index (χ0) is 17.1. The van der Waals surface area contributed by atoms with Crippen molar-refractivity contribution < 1.29 is 19.1 Å². The largest absolute Gasteiger partial charge is 0.410 e. The second-order valence-corrected chi connectivity index (χ2v) is 6.57. The highest BCUT2D eigenvalue weighted by atomic mass is 79.9. The van der Waals surface area contributed by atoms with Crippen LogP contribution in [0, 0.1) is 0 Å². The number of nitrogens with zero attached hydrogens (tertiary/aromatic N) is 1. The van der Waals surface area contributed by atoms with Gasteiger partial charge in [0.1, 0.15) is 12.1 Å². The number of aliphatic imine (C=N–C) groups is 1. The quantitative estimate of drug-likeness (QED) is 0.764. The van der Waals surface area contributed by atoms with E-state index in [0.29, 0.717) is 31.4 Å². The molecule has 1 saturated heterocycles. The fourth-order valence-corrected chi connectivity index (χ4v) is 2.83. The van der Waals surface area contributed by atoms with Gasteiger partial charge in [-0.15, -0.1) is 0 Å². The maximum atomic E-state index is 12.2. The van der Waals surface area contributed by atoms with Crippen molar-refractivity contribution in [2.75, 3.05) is 5.32 Å². The van der Waals surface area contributed by atoms with Gasteiger partial charge in [-0.3, -0.25) is 9.59 Å². The number of hydrogen-bond acceptors (Lipinski definition) is 5. The van der Waals surface area contributed by atoms with Gasteiger partial charge in [-0.1, -0.05) is 15.9 Å². The predicted octanol–water partition coefficient (Wildman–Crippen LogP) is 1.77. The molecule has 2 aliphatic rings. The van der Waals surface area contributed by atoms with Crippen LogP contribution >= 0.6 is 15.9 Å². The third-order valence-electron chi connectivity index (χ3n) is 3.84. The molecule has 2 N–H and O–H groups in total. The molecule has 24 heavy (non-hydrogen) atoms. The highest BCUT2D eigenvalue weighted by Crippen LogP contribution is 2.19. The van der Waals surface area contributed by atoms with Crippen LogP contribution in [0.5, 0.6) is 0 Å². The number of hydrogen-bond donors (Lipinski definition) is 2. The summed E-state index contributed by atoms with van der Waals surface area (Å²) in [6.07, 6.45) is 1.66. The van der Waals surface area contributed by atoms with Gasteiger partial charge in [-0.25, -0.2) is 9.79 Å². The van der Waals surface area contributed by atoms with E-state index < -0.39 is 18.1 Å². The highest BCUT2D eigenvalue weighted by molar-refractivity contribution is 9.10. The van der Waals surface area contributed by atoms with E-state index in [1.54, 1.807) is 12.1 Å². The number of benzene rings is 1. The summed E-state index contributed by atoms with van der Waals surface area (Å²) in [5, 5.41) is 5.33. The van der Waals surface area contributed by atoms with Gasteiger partial charge in [0.25, 0.3) is 0 Å². The fraction of sp³-hybridized carbons (Fsp3) is 0.375. The molecule has 0 aromatic heterocycles. The molecule has 1 aromatic carbocycles. The zero-order valence-corrected chi connectivity index (χ0v) is 14.3.